The summed E-state index contributed by atoms with van der Waals surface area (Å²) in [6.45, 7) is 4.61. The van der Waals surface area contributed by atoms with Crippen LogP contribution in [0.2, 0.25) is 0 Å². The summed E-state index contributed by atoms with van der Waals surface area (Å²) in [7, 11) is 0. The van der Waals surface area contributed by atoms with Crippen LogP contribution in [0.15, 0.2) is 152 Å². The lowest BCUT2D eigenvalue weighted by molar-refractivity contribution is 0.690. The van der Waals surface area contributed by atoms with Gasteiger partial charge >= 0.3 is 0 Å². The zero-order chi connectivity index (χ0) is 31.5. The van der Waals surface area contributed by atoms with Crippen LogP contribution in [-0.4, -0.2) is 9.13 Å². The highest BCUT2D eigenvalue weighted by Gasteiger charge is 2.21. The summed E-state index contributed by atoms with van der Waals surface area (Å²) in [5.74, 6) is 0.847. The number of allylic oxidation sites excluding steroid dienone is 1. The van der Waals surface area contributed by atoms with E-state index in [0.717, 1.165) is 6.42 Å². The smallest absolute Gasteiger partial charge is 0.0541 e. The summed E-state index contributed by atoms with van der Waals surface area (Å²) in [6, 6.07) is 53.5. The summed E-state index contributed by atoms with van der Waals surface area (Å²) in [6.07, 6.45) is 5.73. The normalized spacial score (nSPS) is 15.0. The van der Waals surface area contributed by atoms with Crippen LogP contribution >= 0.6 is 0 Å². The molecule has 47 heavy (non-hydrogen) atoms. The number of rotatable bonds is 5. The van der Waals surface area contributed by atoms with Crippen molar-refractivity contribution < 1.29 is 0 Å². The molecule has 0 spiro atoms. The third-order valence-corrected chi connectivity index (χ3v) is 10.2. The highest BCUT2D eigenvalue weighted by Crippen LogP contribution is 2.37. The fourth-order valence-corrected chi connectivity index (χ4v) is 7.71. The van der Waals surface area contributed by atoms with Crippen molar-refractivity contribution in [1.29, 1.82) is 0 Å². The zero-order valence-corrected chi connectivity index (χ0v) is 26.8. The van der Waals surface area contributed by atoms with Gasteiger partial charge in [-0.1, -0.05) is 129 Å². The van der Waals surface area contributed by atoms with Gasteiger partial charge in [-0.3, -0.25) is 0 Å². The molecule has 0 saturated heterocycles. The van der Waals surface area contributed by atoms with Crippen molar-refractivity contribution in [3.8, 4) is 22.5 Å². The molecular formula is C45H36N2. The summed E-state index contributed by atoms with van der Waals surface area (Å²) in [5.41, 5.74) is 14.1. The van der Waals surface area contributed by atoms with Gasteiger partial charge in [0, 0.05) is 44.7 Å². The lowest BCUT2D eigenvalue weighted by atomic mass is 9.91. The topological polar surface area (TPSA) is 9.86 Å². The van der Waals surface area contributed by atoms with Gasteiger partial charge in [0.2, 0.25) is 0 Å². The van der Waals surface area contributed by atoms with Gasteiger partial charge < -0.3 is 9.13 Å². The standard InChI is InChI=1S/C45H36N2/c1-30-15-28-41-40-11-5-8-14-44(40)47(45(41)29-30)37-24-20-33(21-25-37)31(2)32-16-18-34(19-17-32)35-22-26-36(27-23-35)46-42-12-6-3-9-38(42)39-10-4-7-13-43(39)46/h3-28,30-31H,29H2,1-2H3. The van der Waals surface area contributed by atoms with Crippen molar-refractivity contribution >= 4 is 38.8 Å². The molecule has 2 unspecified atom stereocenters. The van der Waals surface area contributed by atoms with Crippen LogP contribution in [0.3, 0.4) is 0 Å². The average molecular weight is 605 g/mol. The second-order valence-electron chi connectivity index (χ2n) is 13.1. The van der Waals surface area contributed by atoms with E-state index < -0.39 is 0 Å². The molecule has 0 aliphatic heterocycles. The Balaban J connectivity index is 0.979. The molecule has 226 valence electrons. The van der Waals surface area contributed by atoms with Gasteiger partial charge in [-0.15, -0.1) is 0 Å². The largest absolute Gasteiger partial charge is 0.313 e. The minimum absolute atomic E-state index is 0.300. The monoisotopic (exact) mass is 604 g/mol. The van der Waals surface area contributed by atoms with Crippen LogP contribution < -0.4 is 0 Å². The molecule has 0 bridgehead atoms. The Kier molecular flexibility index (Phi) is 6.50. The molecule has 0 saturated carbocycles. The van der Waals surface area contributed by atoms with Crippen molar-refractivity contribution in [2.75, 3.05) is 0 Å². The van der Waals surface area contributed by atoms with Crippen molar-refractivity contribution in [3.63, 3.8) is 0 Å². The van der Waals surface area contributed by atoms with Crippen molar-refractivity contribution in [2.24, 2.45) is 5.92 Å². The highest BCUT2D eigenvalue weighted by molar-refractivity contribution is 6.09. The van der Waals surface area contributed by atoms with Crippen LogP contribution in [0.4, 0.5) is 0 Å². The Hall–Kier alpha value is -5.60. The maximum Gasteiger partial charge on any atom is 0.0541 e. The Morgan fingerprint density at radius 3 is 1.55 bits per heavy atom. The molecule has 8 aromatic rings. The van der Waals surface area contributed by atoms with E-state index in [9.17, 15) is 0 Å². The fourth-order valence-electron chi connectivity index (χ4n) is 7.71. The van der Waals surface area contributed by atoms with Gasteiger partial charge in [0.05, 0.1) is 16.6 Å². The van der Waals surface area contributed by atoms with Gasteiger partial charge in [0.15, 0.2) is 0 Å². The Morgan fingerprint density at radius 2 is 0.957 bits per heavy atom. The van der Waals surface area contributed by atoms with Crippen molar-refractivity contribution in [3.05, 3.63) is 174 Å². The molecule has 2 heterocycles. The average Bonchev–Trinajstić information content (AvgIpc) is 3.64. The number of aromatic nitrogens is 2. The van der Waals surface area contributed by atoms with Crippen LogP contribution in [0.25, 0.3) is 61.3 Å². The van der Waals surface area contributed by atoms with Crippen LogP contribution in [0.1, 0.15) is 42.1 Å². The summed E-state index contributed by atoms with van der Waals surface area (Å²) in [5, 5.41) is 3.91. The van der Waals surface area contributed by atoms with Crippen LogP contribution in [-0.2, 0) is 6.42 Å². The van der Waals surface area contributed by atoms with Crippen molar-refractivity contribution in [1.82, 2.24) is 9.13 Å². The molecule has 2 aromatic heterocycles. The maximum atomic E-state index is 2.47. The van der Waals surface area contributed by atoms with E-state index in [1.54, 1.807) is 0 Å². The van der Waals surface area contributed by atoms with E-state index in [0.29, 0.717) is 11.8 Å². The maximum absolute atomic E-state index is 2.47. The predicted octanol–water partition coefficient (Wildman–Crippen LogP) is 11.8. The first kappa shape index (κ1) is 27.7. The molecule has 2 heteroatoms. The Labute approximate surface area is 275 Å². The molecule has 2 atom stereocenters. The first-order chi connectivity index (χ1) is 23.1. The van der Waals surface area contributed by atoms with E-state index in [2.05, 4.69) is 181 Å². The molecule has 6 aromatic carbocycles. The number of hydrogen-bond donors (Lipinski definition) is 0. The molecule has 0 N–H and O–H groups in total. The predicted molar refractivity (Wildman–Crippen MR) is 199 cm³/mol. The lowest BCUT2D eigenvalue weighted by Crippen LogP contribution is -2.08. The van der Waals surface area contributed by atoms with E-state index >= 15 is 0 Å². The third kappa shape index (κ3) is 4.55. The van der Waals surface area contributed by atoms with Gasteiger partial charge in [0.1, 0.15) is 0 Å². The third-order valence-electron chi connectivity index (χ3n) is 10.2. The van der Waals surface area contributed by atoms with Crippen molar-refractivity contribution in [2.45, 2.75) is 26.2 Å². The molecule has 0 amide bonds. The molecule has 0 fully saturated rings. The first-order valence-electron chi connectivity index (χ1n) is 16.7. The molecule has 1 aliphatic carbocycles. The van der Waals surface area contributed by atoms with E-state index in [1.807, 2.05) is 0 Å². The highest BCUT2D eigenvalue weighted by atomic mass is 15.0. The van der Waals surface area contributed by atoms with E-state index in [4.69, 9.17) is 0 Å². The number of nitrogens with zero attached hydrogens (tertiary/aromatic N) is 2. The Bertz CT molecular complexity index is 2380. The molecule has 0 radical (unpaired) electrons. The second kappa shape index (κ2) is 11.0. The summed E-state index contributed by atoms with van der Waals surface area (Å²) in [4.78, 5) is 0. The van der Waals surface area contributed by atoms with Gasteiger partial charge in [-0.05, 0) is 77.1 Å². The SMILES string of the molecule is CC1C=Cc2c(n(-c3ccc(C(C)c4ccc(-c5ccc(-n6c7ccccc7c7ccccc76)cc5)cc4)cc3)c3ccccc23)C1. The van der Waals surface area contributed by atoms with Gasteiger partial charge in [-0.25, -0.2) is 0 Å². The first-order valence-corrected chi connectivity index (χ1v) is 16.7. The number of para-hydroxylation sites is 3. The van der Waals surface area contributed by atoms with Crippen LogP contribution in [0, 0.1) is 5.92 Å². The summed E-state index contributed by atoms with van der Waals surface area (Å²) >= 11 is 0. The second-order valence-corrected chi connectivity index (χ2v) is 13.1. The molecule has 9 rings (SSSR count). The lowest BCUT2D eigenvalue weighted by Gasteiger charge is -2.18. The molecule has 2 nitrogen and oxygen atoms in total. The zero-order valence-electron chi connectivity index (χ0n) is 26.8. The number of hydrogen-bond acceptors (Lipinski definition) is 0. The van der Waals surface area contributed by atoms with E-state index in [-0.39, 0.29) is 0 Å². The minimum Gasteiger partial charge on any atom is -0.313 e. The quantitative estimate of drug-likeness (QED) is 0.185. The Morgan fingerprint density at radius 1 is 0.511 bits per heavy atom. The van der Waals surface area contributed by atoms with Crippen LogP contribution in [0.5, 0.6) is 0 Å². The van der Waals surface area contributed by atoms with Gasteiger partial charge in [0.25, 0.3) is 0 Å². The summed E-state index contributed by atoms with van der Waals surface area (Å²) < 4.78 is 4.84. The van der Waals surface area contributed by atoms with Gasteiger partial charge in [-0.2, -0.15) is 0 Å². The number of benzene rings is 6. The minimum atomic E-state index is 0.300. The van der Waals surface area contributed by atoms with E-state index in [1.165, 1.54) is 77.6 Å². The molecule has 1 aliphatic rings. The fraction of sp³-hybridized carbons (Fsp3) is 0.111. The molecular weight excluding hydrogens is 569 g/mol. The number of fused-ring (bicyclic) bond motifs is 6.